The van der Waals surface area contributed by atoms with Gasteiger partial charge in [0.1, 0.15) is 0 Å². The Hall–Kier alpha value is -1.02. The molecule has 2 bridgehead atoms. The van der Waals surface area contributed by atoms with E-state index in [1.54, 1.807) is 0 Å². The second-order valence-electron chi connectivity index (χ2n) is 6.72. The minimum Gasteiger partial charge on any atom is -0.298 e. The maximum atomic E-state index is 5.97. The van der Waals surface area contributed by atoms with Crippen LogP contribution in [0, 0.1) is 5.92 Å². The van der Waals surface area contributed by atoms with E-state index in [4.69, 9.17) is 11.6 Å². The average molecular weight is 334 g/mol. The topological polar surface area (TPSA) is 3.24 Å². The van der Waals surface area contributed by atoms with E-state index in [2.05, 4.69) is 47.4 Å². The van der Waals surface area contributed by atoms with E-state index in [9.17, 15) is 0 Å². The lowest BCUT2D eigenvalue weighted by Gasteiger charge is -2.57. The Morgan fingerprint density at radius 3 is 2.36 bits per heavy atom. The maximum Gasteiger partial charge on any atom is 0.0406 e. The van der Waals surface area contributed by atoms with Crippen LogP contribution in [0.1, 0.15) is 24.0 Å². The van der Waals surface area contributed by atoms with E-state index < -0.39 is 0 Å². The molecule has 0 atom stereocenters. The van der Waals surface area contributed by atoms with Gasteiger partial charge in [0.2, 0.25) is 0 Å². The smallest absolute Gasteiger partial charge is 0.0406 e. The van der Waals surface area contributed by atoms with Crippen molar-refractivity contribution in [3.63, 3.8) is 0 Å². The molecule has 0 spiro atoms. The van der Waals surface area contributed by atoms with Crippen molar-refractivity contribution in [2.75, 3.05) is 13.1 Å². The Morgan fingerprint density at radius 1 is 1.00 bits per heavy atom. The summed E-state index contributed by atoms with van der Waals surface area (Å²) in [5, 5.41) is 0.820. The summed E-state index contributed by atoms with van der Waals surface area (Å²) in [4.78, 5) is 2.62. The number of hydrogen-bond donors (Lipinski definition) is 0. The fourth-order valence-electron chi connectivity index (χ4n) is 4.25. The summed E-state index contributed by atoms with van der Waals surface area (Å²) in [5.41, 5.74) is 3.31. The Morgan fingerprint density at radius 2 is 1.68 bits per heavy atom. The van der Waals surface area contributed by atoms with Crippen LogP contribution in [0.25, 0.3) is 0 Å². The maximum absolute atomic E-state index is 5.97. The molecule has 2 aliphatic heterocycles. The number of piperidine rings is 2. The molecule has 3 aliphatic rings. The van der Waals surface area contributed by atoms with Gasteiger partial charge in [-0.2, -0.15) is 0 Å². The minimum absolute atomic E-state index is 0. The Kier molecular flexibility index (Phi) is 4.49. The Balaban J connectivity index is 0.00000144. The highest BCUT2D eigenvalue weighted by Gasteiger charge is 2.50. The first-order valence-electron chi connectivity index (χ1n) is 7.76. The predicted molar refractivity (Wildman–Crippen MR) is 94.8 cm³/mol. The van der Waals surface area contributed by atoms with E-state index >= 15 is 0 Å². The van der Waals surface area contributed by atoms with Gasteiger partial charge in [-0.3, -0.25) is 4.90 Å². The first-order valence-corrected chi connectivity index (χ1v) is 8.14. The van der Waals surface area contributed by atoms with Crippen LogP contribution in [0.4, 0.5) is 0 Å². The average Bonchev–Trinajstić information content (AvgIpc) is 2.50. The summed E-state index contributed by atoms with van der Waals surface area (Å²) in [5.74, 6) is 0.881. The van der Waals surface area contributed by atoms with Crippen LogP contribution in [0.15, 0.2) is 54.6 Å². The summed E-state index contributed by atoms with van der Waals surface area (Å²) >= 11 is 5.97. The Labute approximate surface area is 143 Å². The van der Waals surface area contributed by atoms with Crippen LogP contribution in [-0.2, 0) is 12.0 Å². The molecule has 0 aromatic heterocycles. The van der Waals surface area contributed by atoms with Crippen LogP contribution in [0.3, 0.4) is 0 Å². The molecule has 3 fully saturated rings. The van der Waals surface area contributed by atoms with Crippen molar-refractivity contribution in [1.29, 1.82) is 0 Å². The van der Waals surface area contributed by atoms with E-state index in [1.165, 1.54) is 37.1 Å². The molecule has 116 valence electrons. The van der Waals surface area contributed by atoms with Gasteiger partial charge >= 0.3 is 0 Å². The lowest BCUT2D eigenvalue weighted by atomic mass is 9.56. The molecule has 0 N–H and O–H groups in total. The third-order valence-electron chi connectivity index (χ3n) is 5.11. The van der Waals surface area contributed by atoms with Gasteiger partial charge in [-0.1, -0.05) is 54.1 Å². The SMILES string of the molecule is Cl.Clc1ccc(CN2CC3CC(c4ccccc4)(C3)C2)cc1. The van der Waals surface area contributed by atoms with E-state index in [1.807, 2.05) is 12.1 Å². The highest BCUT2D eigenvalue weighted by molar-refractivity contribution is 6.30. The molecule has 1 aliphatic carbocycles. The molecule has 5 rings (SSSR count). The second kappa shape index (κ2) is 6.23. The van der Waals surface area contributed by atoms with Crippen molar-refractivity contribution in [3.8, 4) is 0 Å². The largest absolute Gasteiger partial charge is 0.298 e. The van der Waals surface area contributed by atoms with E-state index in [0.717, 1.165) is 17.5 Å². The lowest BCUT2D eigenvalue weighted by molar-refractivity contribution is -0.00801. The van der Waals surface area contributed by atoms with E-state index in [0.29, 0.717) is 5.41 Å². The number of benzene rings is 2. The quantitative estimate of drug-likeness (QED) is 0.770. The molecule has 2 aromatic carbocycles. The standard InChI is InChI=1S/C19H20ClN.ClH/c20-18-8-6-15(7-9-18)12-21-13-16-10-19(11-16,14-21)17-4-2-1-3-5-17;/h1-9,16H,10-14H2;1H. The van der Waals surface area contributed by atoms with Crippen LogP contribution < -0.4 is 0 Å². The molecule has 22 heavy (non-hydrogen) atoms. The third-order valence-corrected chi connectivity index (χ3v) is 5.36. The van der Waals surface area contributed by atoms with Gasteiger partial charge in [0.15, 0.2) is 0 Å². The first kappa shape index (κ1) is 15.9. The predicted octanol–water partition coefficient (Wildman–Crippen LogP) is 4.93. The summed E-state index contributed by atoms with van der Waals surface area (Å²) in [6.07, 6.45) is 2.74. The van der Waals surface area contributed by atoms with Crippen molar-refractivity contribution in [2.24, 2.45) is 5.92 Å². The summed E-state index contributed by atoms with van der Waals surface area (Å²) in [7, 11) is 0. The van der Waals surface area contributed by atoms with Crippen LogP contribution >= 0.6 is 24.0 Å². The van der Waals surface area contributed by atoms with Gasteiger partial charge in [0.05, 0.1) is 0 Å². The highest BCUT2D eigenvalue weighted by Crippen LogP contribution is 2.52. The summed E-state index contributed by atoms with van der Waals surface area (Å²) in [6.45, 7) is 3.48. The number of hydrogen-bond acceptors (Lipinski definition) is 1. The normalized spacial score (nSPS) is 26.9. The van der Waals surface area contributed by atoms with Gasteiger partial charge < -0.3 is 0 Å². The molecule has 2 heterocycles. The van der Waals surface area contributed by atoms with Gasteiger partial charge in [-0.05, 0) is 42.0 Å². The zero-order valence-electron chi connectivity index (χ0n) is 12.5. The van der Waals surface area contributed by atoms with Crippen LogP contribution in [0.5, 0.6) is 0 Å². The van der Waals surface area contributed by atoms with Crippen LogP contribution in [0.2, 0.25) is 5.02 Å². The van der Waals surface area contributed by atoms with Crippen molar-refractivity contribution in [2.45, 2.75) is 24.8 Å². The second-order valence-corrected chi connectivity index (χ2v) is 7.15. The highest BCUT2D eigenvalue weighted by atomic mass is 35.5. The number of rotatable bonds is 3. The molecule has 0 unspecified atom stereocenters. The van der Waals surface area contributed by atoms with Crippen molar-refractivity contribution < 1.29 is 0 Å². The van der Waals surface area contributed by atoms with Crippen molar-refractivity contribution in [3.05, 3.63) is 70.7 Å². The fraction of sp³-hybridized carbons (Fsp3) is 0.368. The van der Waals surface area contributed by atoms with E-state index in [-0.39, 0.29) is 12.4 Å². The molecule has 1 nitrogen and oxygen atoms in total. The Bertz CT molecular complexity index is 618. The third kappa shape index (κ3) is 2.90. The van der Waals surface area contributed by atoms with Gasteiger partial charge in [0, 0.05) is 30.1 Å². The molecule has 1 saturated carbocycles. The molecule has 2 aromatic rings. The minimum atomic E-state index is 0. The van der Waals surface area contributed by atoms with Crippen LogP contribution in [-0.4, -0.2) is 18.0 Å². The molecule has 0 amide bonds. The summed E-state index contributed by atoms with van der Waals surface area (Å²) in [6, 6.07) is 19.4. The molecular formula is C19H21Cl2N. The monoisotopic (exact) mass is 333 g/mol. The van der Waals surface area contributed by atoms with Crippen molar-refractivity contribution in [1.82, 2.24) is 4.90 Å². The zero-order chi connectivity index (χ0) is 14.3. The summed E-state index contributed by atoms with van der Waals surface area (Å²) < 4.78 is 0. The zero-order valence-corrected chi connectivity index (χ0v) is 14.1. The van der Waals surface area contributed by atoms with Gasteiger partial charge in [-0.15, -0.1) is 12.4 Å². The van der Waals surface area contributed by atoms with Crippen molar-refractivity contribution >= 4 is 24.0 Å². The van der Waals surface area contributed by atoms with Gasteiger partial charge in [0.25, 0.3) is 0 Å². The molecule has 3 heteroatoms. The lowest BCUT2D eigenvalue weighted by Crippen LogP contribution is -2.58. The molecule has 2 saturated heterocycles. The number of fused-ring (bicyclic) bond motifs is 2. The number of halogens is 2. The van der Waals surface area contributed by atoms with Gasteiger partial charge in [-0.25, -0.2) is 0 Å². The number of nitrogens with zero attached hydrogens (tertiary/aromatic N) is 1. The first-order chi connectivity index (χ1) is 10.2. The fourth-order valence-corrected chi connectivity index (χ4v) is 4.37. The molecule has 0 radical (unpaired) electrons. The molecular weight excluding hydrogens is 313 g/mol.